The molecule has 8 heteroatoms. The molecule has 1 fully saturated rings. The van der Waals surface area contributed by atoms with E-state index in [4.69, 9.17) is 14.2 Å². The van der Waals surface area contributed by atoms with E-state index in [0.29, 0.717) is 25.3 Å². The van der Waals surface area contributed by atoms with Crippen LogP contribution in [0, 0.1) is 0 Å². The number of hydrogen-bond acceptors (Lipinski definition) is 8. The minimum atomic E-state index is -0.295. The van der Waals surface area contributed by atoms with Crippen LogP contribution in [0.25, 0.3) is 10.2 Å². The first kappa shape index (κ1) is 21.5. The summed E-state index contributed by atoms with van der Waals surface area (Å²) in [7, 11) is 0. The van der Waals surface area contributed by atoms with E-state index in [-0.39, 0.29) is 5.97 Å². The second-order valence-corrected chi connectivity index (χ2v) is 8.25. The van der Waals surface area contributed by atoms with E-state index in [0.717, 1.165) is 59.5 Å². The molecule has 2 aromatic carbocycles. The Morgan fingerprint density at radius 2 is 2.00 bits per heavy atom. The summed E-state index contributed by atoms with van der Waals surface area (Å²) in [6, 6.07) is 13.4. The summed E-state index contributed by atoms with van der Waals surface area (Å²) in [5.41, 5.74) is 2.58. The molecule has 4 rings (SSSR count). The Morgan fingerprint density at radius 1 is 1.19 bits per heavy atom. The summed E-state index contributed by atoms with van der Waals surface area (Å²) in [5.74, 6) is 0.571. The van der Waals surface area contributed by atoms with Crippen molar-refractivity contribution in [1.82, 2.24) is 9.88 Å². The lowest BCUT2D eigenvalue weighted by Gasteiger charge is -2.26. The Kier molecular flexibility index (Phi) is 7.35. The number of nitrogens with one attached hydrogen (secondary N) is 1. The molecule has 164 valence electrons. The van der Waals surface area contributed by atoms with E-state index in [1.807, 2.05) is 30.3 Å². The molecular formula is C23H27N3O4S. The van der Waals surface area contributed by atoms with Gasteiger partial charge in [0.05, 0.1) is 35.6 Å². The lowest BCUT2D eigenvalue weighted by molar-refractivity contribution is 0.0322. The molecule has 2 heterocycles. The minimum Gasteiger partial charge on any atom is -0.492 e. The zero-order valence-electron chi connectivity index (χ0n) is 17.6. The molecule has 0 bridgehead atoms. The van der Waals surface area contributed by atoms with Gasteiger partial charge in [0, 0.05) is 26.2 Å². The summed E-state index contributed by atoms with van der Waals surface area (Å²) in [5, 5.41) is 4.22. The van der Waals surface area contributed by atoms with Gasteiger partial charge in [0.15, 0.2) is 5.13 Å². The van der Waals surface area contributed by atoms with Crippen LogP contribution in [0.15, 0.2) is 42.5 Å². The van der Waals surface area contributed by atoms with E-state index in [9.17, 15) is 4.79 Å². The summed E-state index contributed by atoms with van der Waals surface area (Å²) in [4.78, 5) is 18.8. The van der Waals surface area contributed by atoms with Gasteiger partial charge in [-0.2, -0.15) is 0 Å². The van der Waals surface area contributed by atoms with Gasteiger partial charge in [-0.15, -0.1) is 0 Å². The number of carbonyl (C=O) groups is 1. The second kappa shape index (κ2) is 10.6. The predicted molar refractivity (Wildman–Crippen MR) is 122 cm³/mol. The predicted octanol–water partition coefficient (Wildman–Crippen LogP) is 3.80. The van der Waals surface area contributed by atoms with Crippen molar-refractivity contribution >= 4 is 32.7 Å². The average molecular weight is 442 g/mol. The third kappa shape index (κ3) is 5.94. The summed E-state index contributed by atoms with van der Waals surface area (Å²) in [6.07, 6.45) is 0. The number of nitrogens with zero attached hydrogens (tertiary/aromatic N) is 2. The number of esters is 1. The van der Waals surface area contributed by atoms with E-state index in [2.05, 4.69) is 15.2 Å². The molecule has 7 nitrogen and oxygen atoms in total. The maximum Gasteiger partial charge on any atom is 0.338 e. The number of aromatic nitrogens is 1. The number of morpholine rings is 1. The Bertz CT molecular complexity index is 1000. The van der Waals surface area contributed by atoms with Crippen molar-refractivity contribution in [2.24, 2.45) is 0 Å². The maximum atomic E-state index is 11.7. The van der Waals surface area contributed by atoms with Gasteiger partial charge in [-0.3, -0.25) is 4.90 Å². The zero-order valence-corrected chi connectivity index (χ0v) is 18.5. The third-order valence-corrected chi connectivity index (χ3v) is 6.02. The lowest BCUT2D eigenvalue weighted by atomic mass is 10.1. The largest absolute Gasteiger partial charge is 0.492 e. The van der Waals surface area contributed by atoms with E-state index < -0.39 is 0 Å². The quantitative estimate of drug-likeness (QED) is 0.507. The Morgan fingerprint density at radius 3 is 2.77 bits per heavy atom. The van der Waals surface area contributed by atoms with Crippen LogP contribution in [-0.4, -0.2) is 61.9 Å². The van der Waals surface area contributed by atoms with Crippen molar-refractivity contribution in [2.45, 2.75) is 13.5 Å². The highest BCUT2D eigenvalue weighted by molar-refractivity contribution is 7.22. The van der Waals surface area contributed by atoms with Crippen LogP contribution in [0.5, 0.6) is 5.75 Å². The first-order chi connectivity index (χ1) is 15.2. The molecule has 1 aliphatic heterocycles. The second-order valence-electron chi connectivity index (χ2n) is 7.22. The van der Waals surface area contributed by atoms with Gasteiger partial charge in [0.25, 0.3) is 0 Å². The highest BCUT2D eigenvalue weighted by Crippen LogP contribution is 2.29. The number of hydrogen-bond donors (Lipinski definition) is 1. The number of ether oxygens (including phenoxy) is 3. The monoisotopic (exact) mass is 441 g/mol. The summed E-state index contributed by atoms with van der Waals surface area (Å²) < 4.78 is 17.4. The van der Waals surface area contributed by atoms with Crippen LogP contribution >= 0.6 is 11.3 Å². The fourth-order valence-corrected chi connectivity index (χ4v) is 4.23. The molecule has 1 N–H and O–H groups in total. The smallest absolute Gasteiger partial charge is 0.338 e. The fourth-order valence-electron chi connectivity index (χ4n) is 3.34. The Labute approximate surface area is 185 Å². The number of fused-ring (bicyclic) bond motifs is 1. The third-order valence-electron chi connectivity index (χ3n) is 5.05. The molecule has 0 amide bonds. The molecule has 3 aromatic rings. The van der Waals surface area contributed by atoms with E-state index >= 15 is 0 Å². The summed E-state index contributed by atoms with van der Waals surface area (Å²) >= 11 is 1.60. The highest BCUT2D eigenvalue weighted by Gasteiger charge is 2.11. The highest BCUT2D eigenvalue weighted by atomic mass is 32.1. The molecule has 0 aliphatic carbocycles. The molecule has 1 aromatic heterocycles. The van der Waals surface area contributed by atoms with Gasteiger partial charge in [0.2, 0.25) is 0 Å². The molecule has 0 unspecified atom stereocenters. The van der Waals surface area contributed by atoms with E-state index in [1.54, 1.807) is 30.4 Å². The fraction of sp³-hybridized carbons (Fsp3) is 0.391. The molecule has 0 saturated carbocycles. The van der Waals surface area contributed by atoms with Crippen molar-refractivity contribution in [2.75, 3.05) is 51.4 Å². The van der Waals surface area contributed by atoms with Gasteiger partial charge >= 0.3 is 5.97 Å². The summed E-state index contributed by atoms with van der Waals surface area (Å²) in [6.45, 7) is 7.93. The van der Waals surface area contributed by atoms with Crippen molar-refractivity contribution in [3.05, 3.63) is 53.6 Å². The molecule has 0 radical (unpaired) electrons. The Hall–Kier alpha value is -2.68. The van der Waals surface area contributed by atoms with Crippen molar-refractivity contribution < 1.29 is 19.0 Å². The normalized spacial score (nSPS) is 14.5. The van der Waals surface area contributed by atoms with Crippen LogP contribution in [0.4, 0.5) is 5.13 Å². The van der Waals surface area contributed by atoms with Crippen molar-refractivity contribution in [1.29, 1.82) is 0 Å². The zero-order chi connectivity index (χ0) is 21.5. The number of thiazole rings is 1. The van der Waals surface area contributed by atoms with Gasteiger partial charge in [-0.05, 0) is 42.8 Å². The molecule has 1 aliphatic rings. The van der Waals surface area contributed by atoms with Crippen molar-refractivity contribution in [3.8, 4) is 5.75 Å². The number of benzene rings is 2. The Balaban J connectivity index is 1.30. The standard InChI is InChI=1S/C23H27N3O4S/c1-2-29-22(27)18-5-3-17(4-6-18)16-24-23-25-20-8-7-19(15-21(20)31-23)30-14-11-26-9-12-28-13-10-26/h3-8,15H,2,9-14,16H2,1H3,(H,24,25). The van der Waals surface area contributed by atoms with Gasteiger partial charge in [-0.25, -0.2) is 9.78 Å². The van der Waals surface area contributed by atoms with Crippen LogP contribution in [0.3, 0.4) is 0 Å². The first-order valence-corrected chi connectivity index (χ1v) is 11.4. The van der Waals surface area contributed by atoms with Crippen LogP contribution in [0.2, 0.25) is 0 Å². The van der Waals surface area contributed by atoms with Crippen molar-refractivity contribution in [3.63, 3.8) is 0 Å². The number of carbonyl (C=O) groups excluding carboxylic acids is 1. The molecule has 1 saturated heterocycles. The average Bonchev–Trinajstić information content (AvgIpc) is 3.21. The number of rotatable bonds is 9. The minimum absolute atomic E-state index is 0.295. The van der Waals surface area contributed by atoms with Gasteiger partial charge < -0.3 is 19.5 Å². The van der Waals surface area contributed by atoms with Crippen LogP contribution < -0.4 is 10.1 Å². The molecular weight excluding hydrogens is 414 g/mol. The molecule has 0 atom stereocenters. The lowest BCUT2D eigenvalue weighted by Crippen LogP contribution is -2.38. The van der Waals surface area contributed by atoms with Crippen LogP contribution in [0.1, 0.15) is 22.8 Å². The van der Waals surface area contributed by atoms with E-state index in [1.165, 1.54) is 0 Å². The van der Waals surface area contributed by atoms with Gasteiger partial charge in [0.1, 0.15) is 12.4 Å². The molecule has 0 spiro atoms. The molecule has 31 heavy (non-hydrogen) atoms. The number of anilines is 1. The first-order valence-electron chi connectivity index (χ1n) is 10.5. The SMILES string of the molecule is CCOC(=O)c1ccc(CNc2nc3ccc(OCCN4CCOCC4)cc3s2)cc1. The van der Waals surface area contributed by atoms with Crippen LogP contribution in [-0.2, 0) is 16.0 Å². The maximum absolute atomic E-state index is 11.7. The topological polar surface area (TPSA) is 72.9 Å². The van der Waals surface area contributed by atoms with Gasteiger partial charge in [-0.1, -0.05) is 23.5 Å².